The van der Waals surface area contributed by atoms with Gasteiger partial charge in [-0.3, -0.25) is 10.00 Å². The summed E-state index contributed by atoms with van der Waals surface area (Å²) in [5, 5.41) is 8.20. The number of carbonyl (C=O) groups is 1. The lowest BCUT2D eigenvalue weighted by atomic mass is 10.2. The molecule has 2 heterocycles. The molecule has 1 amide bonds. The minimum Gasteiger partial charge on any atom is -0.457 e. The maximum Gasteiger partial charge on any atom is 0.413 e. The second kappa shape index (κ2) is 7.08. The summed E-state index contributed by atoms with van der Waals surface area (Å²) >= 11 is 6.06. The molecule has 0 atom stereocenters. The second-order valence-corrected chi connectivity index (χ2v) is 7.51. The molecule has 0 saturated carbocycles. The van der Waals surface area contributed by atoms with Gasteiger partial charge in [0.15, 0.2) is 0 Å². The Bertz CT molecular complexity index is 1010. The van der Waals surface area contributed by atoms with Gasteiger partial charge in [0.2, 0.25) is 0 Å². The highest BCUT2D eigenvalue weighted by atomic mass is 35.5. The summed E-state index contributed by atoms with van der Waals surface area (Å²) < 4.78 is 12.9. The van der Waals surface area contributed by atoms with E-state index in [1.54, 1.807) is 37.6 Å². The van der Waals surface area contributed by atoms with E-state index in [1.807, 2.05) is 32.2 Å². The summed E-state index contributed by atoms with van der Waals surface area (Å²) in [4.78, 5) is 16.0. The van der Waals surface area contributed by atoms with Crippen LogP contribution in [0.4, 0.5) is 10.6 Å². The lowest BCUT2D eigenvalue weighted by Gasteiger charge is -2.19. The Morgan fingerprint density at radius 1 is 1.19 bits per heavy atom. The number of halogens is 1. The number of hydrogen-bond acceptors (Lipinski definition) is 5. The first-order valence-electron chi connectivity index (χ1n) is 8.39. The Morgan fingerprint density at radius 2 is 1.93 bits per heavy atom. The van der Waals surface area contributed by atoms with Crippen LogP contribution in [0.25, 0.3) is 10.9 Å². The Labute approximate surface area is 162 Å². The van der Waals surface area contributed by atoms with Gasteiger partial charge in [0, 0.05) is 30.6 Å². The summed E-state index contributed by atoms with van der Waals surface area (Å²) in [6, 6.07) is 8.85. The molecule has 1 aromatic carbocycles. The number of nitrogens with zero attached hydrogens (tertiary/aromatic N) is 3. The van der Waals surface area contributed by atoms with Crippen LogP contribution >= 0.6 is 11.6 Å². The fraction of sp³-hybridized carbons (Fsp3) is 0.316. The van der Waals surface area contributed by atoms with Gasteiger partial charge in [0.25, 0.3) is 0 Å². The number of aryl methyl sites for hydroxylation is 2. The molecule has 0 aliphatic rings. The first-order chi connectivity index (χ1) is 12.6. The normalized spacial score (nSPS) is 11.5. The number of carbonyl (C=O) groups excluding carboxylic acids is 1. The van der Waals surface area contributed by atoms with E-state index in [-0.39, 0.29) is 11.0 Å². The SMILES string of the molecule is Cc1nn(C)c2cc(Oc3cc(Cl)nc(NC(=O)OC(C)(C)C)c3)ccc12. The van der Waals surface area contributed by atoms with Gasteiger partial charge in [-0.1, -0.05) is 11.6 Å². The topological polar surface area (TPSA) is 78.3 Å². The van der Waals surface area contributed by atoms with E-state index in [9.17, 15) is 4.79 Å². The van der Waals surface area contributed by atoms with Gasteiger partial charge in [-0.05, 0) is 39.8 Å². The van der Waals surface area contributed by atoms with Crippen LogP contribution in [0.1, 0.15) is 26.5 Å². The van der Waals surface area contributed by atoms with Crippen LogP contribution in [-0.2, 0) is 11.8 Å². The molecule has 0 aliphatic heterocycles. The van der Waals surface area contributed by atoms with Crippen LogP contribution in [0.3, 0.4) is 0 Å². The molecule has 3 aromatic rings. The van der Waals surface area contributed by atoms with Crippen LogP contribution in [0.5, 0.6) is 11.5 Å². The molecule has 0 unspecified atom stereocenters. The third-order valence-electron chi connectivity index (χ3n) is 3.64. The van der Waals surface area contributed by atoms with E-state index in [0.717, 1.165) is 16.6 Å². The zero-order valence-electron chi connectivity index (χ0n) is 15.8. The van der Waals surface area contributed by atoms with Crippen LogP contribution < -0.4 is 10.1 Å². The number of nitrogens with one attached hydrogen (secondary N) is 1. The van der Waals surface area contributed by atoms with Gasteiger partial charge in [-0.25, -0.2) is 9.78 Å². The number of aromatic nitrogens is 3. The van der Waals surface area contributed by atoms with Crippen LogP contribution in [0, 0.1) is 6.92 Å². The molecule has 8 heteroatoms. The molecule has 0 radical (unpaired) electrons. The third kappa shape index (κ3) is 4.68. The smallest absolute Gasteiger partial charge is 0.413 e. The van der Waals surface area contributed by atoms with Crippen LogP contribution in [0.15, 0.2) is 30.3 Å². The first-order valence-corrected chi connectivity index (χ1v) is 8.77. The molecule has 0 bridgehead atoms. The standard InChI is InChI=1S/C19H21ClN4O3/c1-11-14-7-6-12(8-15(14)24(5)23-11)26-13-9-16(20)21-17(10-13)22-18(25)27-19(2,3)4/h6-10H,1-5H3,(H,21,22,25). The summed E-state index contributed by atoms with van der Waals surface area (Å²) in [6.45, 7) is 7.30. The number of benzene rings is 1. The van der Waals surface area contributed by atoms with Gasteiger partial charge >= 0.3 is 6.09 Å². The van der Waals surface area contributed by atoms with Gasteiger partial charge in [-0.2, -0.15) is 5.10 Å². The average Bonchev–Trinajstić information content (AvgIpc) is 2.79. The molecular formula is C19H21ClN4O3. The minimum absolute atomic E-state index is 0.191. The van der Waals surface area contributed by atoms with Crippen LogP contribution in [0.2, 0.25) is 5.15 Å². The van der Waals surface area contributed by atoms with Gasteiger partial charge in [0.1, 0.15) is 28.1 Å². The van der Waals surface area contributed by atoms with E-state index in [2.05, 4.69) is 15.4 Å². The number of anilines is 1. The maximum atomic E-state index is 11.9. The van der Waals surface area contributed by atoms with Crippen LogP contribution in [-0.4, -0.2) is 26.5 Å². The number of rotatable bonds is 3. The predicted molar refractivity (Wildman–Crippen MR) is 105 cm³/mol. The predicted octanol–water partition coefficient (Wildman–Crippen LogP) is 5.07. The number of hydrogen-bond donors (Lipinski definition) is 1. The molecule has 0 spiro atoms. The molecular weight excluding hydrogens is 368 g/mol. The quantitative estimate of drug-likeness (QED) is 0.634. The summed E-state index contributed by atoms with van der Waals surface area (Å²) in [7, 11) is 1.88. The maximum absolute atomic E-state index is 11.9. The van der Waals surface area contributed by atoms with Crippen molar-refractivity contribution in [3.63, 3.8) is 0 Å². The Hall–Kier alpha value is -2.80. The molecule has 2 aromatic heterocycles. The van der Waals surface area contributed by atoms with Gasteiger partial charge < -0.3 is 9.47 Å². The molecule has 0 saturated heterocycles. The minimum atomic E-state index is -0.616. The Kier molecular flexibility index (Phi) is 4.97. The van der Waals surface area contributed by atoms with Crippen molar-refractivity contribution in [3.8, 4) is 11.5 Å². The highest BCUT2D eigenvalue weighted by Crippen LogP contribution is 2.29. The van der Waals surface area contributed by atoms with Crippen molar-refractivity contribution in [1.82, 2.24) is 14.8 Å². The summed E-state index contributed by atoms with van der Waals surface area (Å²) in [5.74, 6) is 1.31. The van der Waals surface area contributed by atoms with Crippen molar-refractivity contribution in [2.24, 2.45) is 7.05 Å². The number of amides is 1. The highest BCUT2D eigenvalue weighted by Gasteiger charge is 2.17. The van der Waals surface area contributed by atoms with Gasteiger partial charge in [0.05, 0.1) is 11.2 Å². The van der Waals surface area contributed by atoms with E-state index in [1.165, 1.54) is 0 Å². The average molecular weight is 389 g/mol. The van der Waals surface area contributed by atoms with E-state index >= 15 is 0 Å². The van der Waals surface area contributed by atoms with Crippen molar-refractivity contribution in [2.45, 2.75) is 33.3 Å². The number of pyridine rings is 1. The van der Waals surface area contributed by atoms with Crippen molar-refractivity contribution >= 4 is 34.4 Å². The summed E-state index contributed by atoms with van der Waals surface area (Å²) in [5.41, 5.74) is 1.30. The van der Waals surface area contributed by atoms with Gasteiger partial charge in [-0.15, -0.1) is 0 Å². The second-order valence-electron chi connectivity index (χ2n) is 7.13. The Balaban J connectivity index is 1.82. The van der Waals surface area contributed by atoms with Crippen molar-refractivity contribution in [2.75, 3.05) is 5.32 Å². The Morgan fingerprint density at radius 3 is 2.63 bits per heavy atom. The first kappa shape index (κ1) is 19.0. The fourth-order valence-corrected chi connectivity index (χ4v) is 2.82. The largest absolute Gasteiger partial charge is 0.457 e. The van der Waals surface area contributed by atoms with E-state index < -0.39 is 11.7 Å². The highest BCUT2D eigenvalue weighted by molar-refractivity contribution is 6.29. The molecule has 3 rings (SSSR count). The zero-order valence-corrected chi connectivity index (χ0v) is 16.6. The molecule has 1 N–H and O–H groups in total. The molecule has 142 valence electrons. The monoisotopic (exact) mass is 388 g/mol. The van der Waals surface area contributed by atoms with E-state index in [4.69, 9.17) is 21.1 Å². The molecule has 7 nitrogen and oxygen atoms in total. The van der Waals surface area contributed by atoms with Crippen molar-refractivity contribution < 1.29 is 14.3 Å². The van der Waals surface area contributed by atoms with Crippen molar-refractivity contribution in [1.29, 1.82) is 0 Å². The number of ether oxygens (including phenoxy) is 2. The molecule has 0 aliphatic carbocycles. The lowest BCUT2D eigenvalue weighted by molar-refractivity contribution is 0.0635. The zero-order chi connectivity index (χ0) is 19.8. The fourth-order valence-electron chi connectivity index (χ4n) is 2.62. The molecule has 0 fully saturated rings. The summed E-state index contributed by atoms with van der Waals surface area (Å²) in [6.07, 6.45) is -0.616. The third-order valence-corrected chi connectivity index (χ3v) is 3.83. The number of fused-ring (bicyclic) bond motifs is 1. The van der Waals surface area contributed by atoms with E-state index in [0.29, 0.717) is 11.5 Å². The molecule has 27 heavy (non-hydrogen) atoms. The lowest BCUT2D eigenvalue weighted by Crippen LogP contribution is -2.27. The van der Waals surface area contributed by atoms with Crippen molar-refractivity contribution in [3.05, 3.63) is 41.2 Å².